The van der Waals surface area contributed by atoms with Gasteiger partial charge in [-0.3, -0.25) is 0 Å². The number of piperidine rings is 1. The number of esters is 1. The molecule has 0 aliphatic carbocycles. The van der Waals surface area contributed by atoms with Gasteiger partial charge in [0.15, 0.2) is 0 Å². The smallest absolute Gasteiger partial charge is 0.332 e. The lowest BCUT2D eigenvalue weighted by molar-refractivity contribution is -0.147. The minimum atomic E-state index is -0.688. The van der Waals surface area contributed by atoms with E-state index in [0.717, 1.165) is 25.1 Å². The number of likely N-dealkylation sites (N-methyl/N-ethyl adjacent to an activating group) is 1. The third-order valence-electron chi connectivity index (χ3n) is 3.47. The first kappa shape index (κ1) is 14.2. The molecule has 1 atom stereocenters. The van der Waals surface area contributed by atoms with E-state index in [-0.39, 0.29) is 5.97 Å². The molecule has 0 saturated carbocycles. The lowest BCUT2D eigenvalue weighted by Gasteiger charge is -2.40. The molecule has 1 aromatic rings. The van der Waals surface area contributed by atoms with Crippen molar-refractivity contribution in [2.45, 2.75) is 18.4 Å². The van der Waals surface area contributed by atoms with Crippen molar-refractivity contribution in [1.29, 1.82) is 0 Å². The number of anilines is 1. The zero-order valence-electron chi connectivity index (χ0n) is 11.3. The number of methoxy groups -OCH3 is 1. The summed E-state index contributed by atoms with van der Waals surface area (Å²) in [6, 6.07) is 7.40. The molecule has 4 nitrogen and oxygen atoms in total. The molecule has 1 heterocycles. The number of carbonyl (C=O) groups is 1. The molecular weight excluding hydrogens is 264 g/mol. The van der Waals surface area contributed by atoms with Crippen molar-refractivity contribution >= 4 is 23.3 Å². The van der Waals surface area contributed by atoms with Crippen LogP contribution >= 0.6 is 11.6 Å². The zero-order valence-corrected chi connectivity index (χ0v) is 12.0. The Labute approximate surface area is 118 Å². The van der Waals surface area contributed by atoms with E-state index in [9.17, 15) is 4.79 Å². The van der Waals surface area contributed by atoms with E-state index in [4.69, 9.17) is 16.3 Å². The predicted molar refractivity (Wildman–Crippen MR) is 76.6 cm³/mol. The van der Waals surface area contributed by atoms with Gasteiger partial charge in [-0.05, 0) is 44.6 Å². The first-order valence-electron chi connectivity index (χ1n) is 6.36. The predicted octanol–water partition coefficient (Wildman–Crippen LogP) is 2.39. The number of halogens is 1. The molecule has 0 radical (unpaired) electrons. The molecule has 0 bridgehead atoms. The monoisotopic (exact) mass is 282 g/mol. The average molecular weight is 283 g/mol. The van der Waals surface area contributed by atoms with Crippen LogP contribution in [-0.4, -0.2) is 43.7 Å². The van der Waals surface area contributed by atoms with E-state index in [1.54, 1.807) is 0 Å². The molecule has 1 aliphatic rings. The standard InChI is InChI=1S/C14H19ClN2O2/c1-17-8-4-7-14(10-17,13(18)19-2)16-12-6-3-5-11(15)9-12/h3,5-6,9,16H,4,7-8,10H2,1-2H3. The summed E-state index contributed by atoms with van der Waals surface area (Å²) in [6.45, 7) is 1.63. The number of benzene rings is 1. The van der Waals surface area contributed by atoms with E-state index in [1.165, 1.54) is 7.11 Å². The number of rotatable bonds is 3. The lowest BCUT2D eigenvalue weighted by atomic mass is 9.88. The fourth-order valence-electron chi connectivity index (χ4n) is 2.63. The van der Waals surface area contributed by atoms with Crippen molar-refractivity contribution in [3.8, 4) is 0 Å². The molecule has 1 fully saturated rings. The highest BCUT2D eigenvalue weighted by Crippen LogP contribution is 2.27. The average Bonchev–Trinajstić information content (AvgIpc) is 2.37. The second-order valence-electron chi connectivity index (χ2n) is 5.05. The van der Waals surface area contributed by atoms with Crippen LogP contribution in [0.2, 0.25) is 5.02 Å². The van der Waals surface area contributed by atoms with Gasteiger partial charge in [-0.25, -0.2) is 4.79 Å². The molecular formula is C14H19ClN2O2. The fraction of sp³-hybridized carbons (Fsp3) is 0.500. The maximum Gasteiger partial charge on any atom is 0.332 e. The van der Waals surface area contributed by atoms with Crippen LogP contribution in [0.15, 0.2) is 24.3 Å². The van der Waals surface area contributed by atoms with Crippen LogP contribution in [0, 0.1) is 0 Å². The second-order valence-corrected chi connectivity index (χ2v) is 5.49. The van der Waals surface area contributed by atoms with Gasteiger partial charge in [0.05, 0.1) is 7.11 Å². The van der Waals surface area contributed by atoms with E-state index in [1.807, 2.05) is 31.3 Å². The largest absolute Gasteiger partial charge is 0.467 e. The lowest BCUT2D eigenvalue weighted by Crippen LogP contribution is -2.57. The van der Waals surface area contributed by atoms with Crippen molar-refractivity contribution in [2.24, 2.45) is 0 Å². The molecule has 0 spiro atoms. The van der Waals surface area contributed by atoms with E-state index < -0.39 is 5.54 Å². The first-order valence-corrected chi connectivity index (χ1v) is 6.74. The number of nitrogens with one attached hydrogen (secondary N) is 1. The summed E-state index contributed by atoms with van der Waals surface area (Å²) in [6.07, 6.45) is 1.72. The molecule has 104 valence electrons. The minimum absolute atomic E-state index is 0.223. The molecule has 1 aromatic carbocycles. The second kappa shape index (κ2) is 5.80. The molecule has 0 aromatic heterocycles. The van der Waals surface area contributed by atoms with Gasteiger partial charge in [-0.1, -0.05) is 17.7 Å². The van der Waals surface area contributed by atoms with Gasteiger partial charge in [0, 0.05) is 17.3 Å². The highest BCUT2D eigenvalue weighted by atomic mass is 35.5. The Bertz CT molecular complexity index is 467. The SMILES string of the molecule is COC(=O)C1(Nc2cccc(Cl)c2)CCCN(C)C1. The van der Waals surface area contributed by atoms with Crippen LogP contribution in [0.25, 0.3) is 0 Å². The van der Waals surface area contributed by atoms with Gasteiger partial charge >= 0.3 is 5.97 Å². The van der Waals surface area contributed by atoms with Crippen LogP contribution in [0.1, 0.15) is 12.8 Å². The van der Waals surface area contributed by atoms with Gasteiger partial charge in [-0.15, -0.1) is 0 Å². The van der Waals surface area contributed by atoms with E-state index in [0.29, 0.717) is 11.6 Å². The number of ether oxygens (including phenoxy) is 1. The Morgan fingerprint density at radius 2 is 2.32 bits per heavy atom. The van der Waals surface area contributed by atoms with Gasteiger partial charge in [-0.2, -0.15) is 0 Å². The van der Waals surface area contributed by atoms with Crippen molar-refractivity contribution in [2.75, 3.05) is 32.6 Å². The Balaban J connectivity index is 2.25. The maximum atomic E-state index is 12.2. The Kier molecular flexibility index (Phi) is 4.32. The summed E-state index contributed by atoms with van der Waals surface area (Å²) in [5, 5.41) is 3.96. The zero-order chi connectivity index (χ0) is 13.9. The van der Waals surface area contributed by atoms with Crippen molar-refractivity contribution in [3.05, 3.63) is 29.3 Å². The highest BCUT2D eigenvalue weighted by molar-refractivity contribution is 6.30. The van der Waals surface area contributed by atoms with Crippen LogP contribution in [-0.2, 0) is 9.53 Å². The number of likely N-dealkylation sites (tertiary alicyclic amines) is 1. The first-order chi connectivity index (χ1) is 9.05. The summed E-state index contributed by atoms with van der Waals surface area (Å²) in [7, 11) is 3.44. The molecule has 1 aliphatic heterocycles. The molecule has 2 rings (SSSR count). The molecule has 19 heavy (non-hydrogen) atoms. The van der Waals surface area contributed by atoms with Gasteiger partial charge in [0.2, 0.25) is 0 Å². The quantitative estimate of drug-likeness (QED) is 0.865. The Morgan fingerprint density at radius 3 is 2.95 bits per heavy atom. The number of nitrogens with zero attached hydrogens (tertiary/aromatic N) is 1. The number of hydrogen-bond acceptors (Lipinski definition) is 4. The molecule has 1 N–H and O–H groups in total. The maximum absolute atomic E-state index is 12.2. The van der Waals surface area contributed by atoms with Crippen molar-refractivity contribution in [3.63, 3.8) is 0 Å². The summed E-state index contributed by atoms with van der Waals surface area (Å²) >= 11 is 5.98. The van der Waals surface area contributed by atoms with Crippen LogP contribution < -0.4 is 5.32 Å². The van der Waals surface area contributed by atoms with Gasteiger partial charge in [0.1, 0.15) is 5.54 Å². The summed E-state index contributed by atoms with van der Waals surface area (Å²) < 4.78 is 4.98. The van der Waals surface area contributed by atoms with Gasteiger partial charge < -0.3 is 15.0 Å². The summed E-state index contributed by atoms with van der Waals surface area (Å²) in [4.78, 5) is 14.3. The Morgan fingerprint density at radius 1 is 1.53 bits per heavy atom. The topological polar surface area (TPSA) is 41.6 Å². The minimum Gasteiger partial charge on any atom is -0.467 e. The summed E-state index contributed by atoms with van der Waals surface area (Å²) in [5.41, 5.74) is 0.153. The fourth-order valence-corrected chi connectivity index (χ4v) is 2.82. The summed E-state index contributed by atoms with van der Waals surface area (Å²) in [5.74, 6) is -0.223. The highest BCUT2D eigenvalue weighted by Gasteiger charge is 2.42. The molecule has 0 amide bonds. The number of hydrogen-bond donors (Lipinski definition) is 1. The number of carbonyl (C=O) groups excluding carboxylic acids is 1. The van der Waals surface area contributed by atoms with Crippen molar-refractivity contribution in [1.82, 2.24) is 4.90 Å². The third-order valence-corrected chi connectivity index (χ3v) is 3.70. The van der Waals surface area contributed by atoms with Crippen LogP contribution in [0.4, 0.5) is 5.69 Å². The molecule has 1 saturated heterocycles. The normalized spacial score (nSPS) is 23.9. The third kappa shape index (κ3) is 3.19. The van der Waals surface area contributed by atoms with E-state index >= 15 is 0 Å². The Hall–Kier alpha value is -1.26. The van der Waals surface area contributed by atoms with Gasteiger partial charge in [0.25, 0.3) is 0 Å². The van der Waals surface area contributed by atoms with E-state index in [2.05, 4.69) is 10.2 Å². The molecule has 1 unspecified atom stereocenters. The molecule has 5 heteroatoms. The van der Waals surface area contributed by atoms with Crippen LogP contribution in [0.3, 0.4) is 0 Å². The van der Waals surface area contributed by atoms with Crippen LogP contribution in [0.5, 0.6) is 0 Å². The van der Waals surface area contributed by atoms with Crippen molar-refractivity contribution < 1.29 is 9.53 Å².